The number of rotatable bonds is 4. The van der Waals surface area contributed by atoms with Gasteiger partial charge in [-0.05, 0) is 30.7 Å². The topological polar surface area (TPSA) is 71.8 Å². The van der Waals surface area contributed by atoms with Gasteiger partial charge in [0.2, 0.25) is 0 Å². The second-order valence-corrected chi connectivity index (χ2v) is 6.86. The Morgan fingerprint density at radius 1 is 1.35 bits per heavy atom. The minimum absolute atomic E-state index is 0.552. The third kappa shape index (κ3) is 2.55. The van der Waals surface area contributed by atoms with Crippen molar-refractivity contribution in [3.63, 3.8) is 0 Å². The van der Waals surface area contributed by atoms with E-state index in [-0.39, 0.29) is 0 Å². The van der Waals surface area contributed by atoms with Crippen LogP contribution in [0.15, 0.2) is 18.6 Å². The van der Waals surface area contributed by atoms with E-state index in [1.807, 2.05) is 6.20 Å². The van der Waals surface area contributed by atoms with E-state index in [4.69, 9.17) is 5.26 Å². The van der Waals surface area contributed by atoms with E-state index in [0.29, 0.717) is 12.5 Å². The molecule has 1 aliphatic heterocycles. The number of nitriles is 1. The number of fused-ring (bicyclic) bond motifs is 2. The van der Waals surface area contributed by atoms with Crippen LogP contribution >= 0.6 is 0 Å². The zero-order valence-electron chi connectivity index (χ0n) is 13.4. The lowest BCUT2D eigenvalue weighted by atomic mass is 10.0. The van der Waals surface area contributed by atoms with Crippen LogP contribution in [0.4, 0.5) is 5.82 Å². The van der Waals surface area contributed by atoms with Crippen molar-refractivity contribution in [1.82, 2.24) is 19.9 Å². The van der Waals surface area contributed by atoms with Crippen LogP contribution in [0.5, 0.6) is 0 Å². The van der Waals surface area contributed by atoms with Crippen LogP contribution < -0.4 is 4.90 Å². The van der Waals surface area contributed by atoms with Crippen LogP contribution in [0, 0.1) is 23.2 Å². The standard InChI is InChI=1S/C17H22N6/c1-22(17-15-3-5-19-16(15)20-11-21-17)14-7-12-9-23(6-2-4-18)10-13(12)8-14/h3,5,11-14H,2,6-10H2,1H3,(H,19,20,21). The molecule has 0 bridgehead atoms. The molecule has 2 fully saturated rings. The van der Waals surface area contributed by atoms with Crippen molar-refractivity contribution in [3.05, 3.63) is 18.6 Å². The lowest BCUT2D eigenvalue weighted by Gasteiger charge is -2.27. The maximum Gasteiger partial charge on any atom is 0.142 e. The molecule has 2 atom stereocenters. The summed E-state index contributed by atoms with van der Waals surface area (Å²) in [6, 6.07) is 4.86. The smallest absolute Gasteiger partial charge is 0.142 e. The van der Waals surface area contributed by atoms with Crippen LogP contribution in [0.25, 0.3) is 11.0 Å². The average Bonchev–Trinajstić information content (AvgIpc) is 3.25. The highest BCUT2D eigenvalue weighted by molar-refractivity contribution is 5.87. The molecule has 23 heavy (non-hydrogen) atoms. The Kier molecular flexibility index (Phi) is 3.66. The van der Waals surface area contributed by atoms with Gasteiger partial charge < -0.3 is 14.8 Å². The van der Waals surface area contributed by atoms with Crippen LogP contribution in [-0.4, -0.2) is 52.6 Å². The van der Waals surface area contributed by atoms with Crippen LogP contribution in [-0.2, 0) is 0 Å². The average molecular weight is 310 g/mol. The van der Waals surface area contributed by atoms with Crippen LogP contribution in [0.3, 0.4) is 0 Å². The monoisotopic (exact) mass is 310 g/mol. The first kappa shape index (κ1) is 14.5. The molecule has 4 rings (SSSR count). The lowest BCUT2D eigenvalue weighted by Crippen LogP contribution is -2.33. The highest BCUT2D eigenvalue weighted by atomic mass is 15.2. The second-order valence-electron chi connectivity index (χ2n) is 6.86. The lowest BCUT2D eigenvalue weighted by molar-refractivity contribution is 0.313. The Morgan fingerprint density at radius 3 is 2.87 bits per heavy atom. The number of H-pyrrole nitrogens is 1. The van der Waals surface area contributed by atoms with Crippen molar-refractivity contribution in [2.45, 2.75) is 25.3 Å². The minimum atomic E-state index is 0.552. The zero-order chi connectivity index (χ0) is 15.8. The van der Waals surface area contributed by atoms with Gasteiger partial charge in [-0.1, -0.05) is 0 Å². The van der Waals surface area contributed by atoms with Crippen LogP contribution in [0.2, 0.25) is 0 Å². The molecule has 2 aromatic heterocycles. The Morgan fingerprint density at radius 2 is 2.13 bits per heavy atom. The third-order valence-electron chi connectivity index (χ3n) is 5.56. The molecular weight excluding hydrogens is 288 g/mol. The molecule has 2 unspecified atom stereocenters. The SMILES string of the molecule is CN(c1ncnc2[nH]ccc12)C1CC2CN(CCC#N)CC2C1. The summed E-state index contributed by atoms with van der Waals surface area (Å²) in [4.78, 5) is 16.8. The van der Waals surface area contributed by atoms with E-state index >= 15 is 0 Å². The van der Waals surface area contributed by atoms with Gasteiger partial charge in [0.15, 0.2) is 0 Å². The number of anilines is 1. The summed E-state index contributed by atoms with van der Waals surface area (Å²) in [5, 5.41) is 9.84. The zero-order valence-corrected chi connectivity index (χ0v) is 13.4. The predicted octanol–water partition coefficient (Wildman–Crippen LogP) is 2.02. The fourth-order valence-corrected chi connectivity index (χ4v) is 4.38. The van der Waals surface area contributed by atoms with Gasteiger partial charge >= 0.3 is 0 Å². The molecule has 1 aliphatic carbocycles. The van der Waals surface area contributed by atoms with Gasteiger partial charge in [-0.25, -0.2) is 9.97 Å². The molecule has 6 heteroatoms. The number of likely N-dealkylation sites (tertiary alicyclic amines) is 1. The number of hydrogen-bond acceptors (Lipinski definition) is 5. The fraction of sp³-hybridized carbons (Fsp3) is 0.588. The van der Waals surface area contributed by atoms with Crippen molar-refractivity contribution in [2.24, 2.45) is 11.8 Å². The Bertz CT molecular complexity index is 718. The van der Waals surface area contributed by atoms with Gasteiger partial charge in [0.25, 0.3) is 0 Å². The summed E-state index contributed by atoms with van der Waals surface area (Å²) >= 11 is 0. The maximum absolute atomic E-state index is 8.74. The normalized spacial score (nSPS) is 27.2. The third-order valence-corrected chi connectivity index (χ3v) is 5.56. The molecule has 0 amide bonds. The molecule has 1 saturated carbocycles. The summed E-state index contributed by atoms with van der Waals surface area (Å²) in [5.41, 5.74) is 0.905. The molecule has 0 radical (unpaired) electrons. The maximum atomic E-state index is 8.74. The number of nitrogens with zero attached hydrogens (tertiary/aromatic N) is 5. The van der Waals surface area contributed by atoms with Gasteiger partial charge in [-0.15, -0.1) is 0 Å². The molecule has 1 N–H and O–H groups in total. The molecule has 3 heterocycles. The Balaban J connectivity index is 1.45. The van der Waals surface area contributed by atoms with E-state index in [0.717, 1.165) is 48.3 Å². The number of aromatic nitrogens is 3. The molecule has 1 saturated heterocycles. The molecule has 0 spiro atoms. The highest BCUT2D eigenvalue weighted by Gasteiger charge is 2.42. The fourth-order valence-electron chi connectivity index (χ4n) is 4.38. The molecule has 2 aliphatic rings. The number of aromatic amines is 1. The molecule has 2 aromatic rings. The van der Waals surface area contributed by atoms with Crippen LogP contribution in [0.1, 0.15) is 19.3 Å². The first-order valence-corrected chi connectivity index (χ1v) is 8.36. The van der Waals surface area contributed by atoms with E-state index in [1.165, 1.54) is 12.8 Å². The van der Waals surface area contributed by atoms with Crippen molar-refractivity contribution in [3.8, 4) is 6.07 Å². The summed E-state index contributed by atoms with van der Waals surface area (Å²) < 4.78 is 0. The molecule has 120 valence electrons. The molecular formula is C17H22N6. The summed E-state index contributed by atoms with van der Waals surface area (Å²) in [5.74, 6) is 2.57. The molecule has 0 aromatic carbocycles. The summed E-state index contributed by atoms with van der Waals surface area (Å²) in [6.07, 6.45) is 6.66. The van der Waals surface area contributed by atoms with Gasteiger partial charge in [0.1, 0.15) is 17.8 Å². The number of hydrogen-bond donors (Lipinski definition) is 1. The van der Waals surface area contributed by atoms with E-state index in [9.17, 15) is 0 Å². The van der Waals surface area contributed by atoms with Gasteiger partial charge in [0.05, 0.1) is 11.5 Å². The largest absolute Gasteiger partial charge is 0.356 e. The van der Waals surface area contributed by atoms with Crippen molar-refractivity contribution >= 4 is 16.9 Å². The van der Waals surface area contributed by atoms with Crippen molar-refractivity contribution in [2.75, 3.05) is 31.6 Å². The highest BCUT2D eigenvalue weighted by Crippen LogP contribution is 2.41. The first-order chi connectivity index (χ1) is 11.3. The van der Waals surface area contributed by atoms with Gasteiger partial charge in [-0.3, -0.25) is 0 Å². The predicted molar refractivity (Wildman–Crippen MR) is 89.0 cm³/mol. The quantitative estimate of drug-likeness (QED) is 0.935. The second kappa shape index (κ2) is 5.82. The van der Waals surface area contributed by atoms with Gasteiger partial charge in [0, 0.05) is 45.3 Å². The van der Waals surface area contributed by atoms with Gasteiger partial charge in [-0.2, -0.15) is 5.26 Å². The summed E-state index contributed by atoms with van der Waals surface area (Å²) in [7, 11) is 2.16. The van der Waals surface area contributed by atoms with E-state index in [2.05, 4.69) is 43.9 Å². The van der Waals surface area contributed by atoms with E-state index < -0.39 is 0 Å². The first-order valence-electron chi connectivity index (χ1n) is 8.36. The molecule has 6 nitrogen and oxygen atoms in total. The Hall–Kier alpha value is -2.13. The Labute approximate surface area is 136 Å². The van der Waals surface area contributed by atoms with Crippen molar-refractivity contribution in [1.29, 1.82) is 5.26 Å². The van der Waals surface area contributed by atoms with Crippen molar-refractivity contribution < 1.29 is 0 Å². The summed E-state index contributed by atoms with van der Waals surface area (Å²) in [6.45, 7) is 3.24. The number of nitrogens with one attached hydrogen (secondary N) is 1. The van der Waals surface area contributed by atoms with E-state index in [1.54, 1.807) is 6.33 Å². The minimum Gasteiger partial charge on any atom is -0.356 e.